The van der Waals surface area contributed by atoms with E-state index in [2.05, 4.69) is 77.8 Å². The minimum Gasteiger partial charge on any atom is -1.00 e. The van der Waals surface area contributed by atoms with Crippen LogP contribution in [-0.2, 0) is 6.54 Å². The second kappa shape index (κ2) is 7.83. The van der Waals surface area contributed by atoms with Crippen LogP contribution in [0.15, 0.2) is 71.4 Å². The third-order valence-electron chi connectivity index (χ3n) is 3.50. The molecule has 0 N–H and O–H groups in total. The van der Waals surface area contributed by atoms with Crippen molar-refractivity contribution < 1.29 is 28.5 Å². The molecule has 22 heavy (non-hydrogen) atoms. The summed E-state index contributed by atoms with van der Waals surface area (Å²) >= 11 is 1.84. The Balaban J connectivity index is 0.00000176. The molecule has 1 aliphatic rings. The van der Waals surface area contributed by atoms with Crippen LogP contribution in [-0.4, -0.2) is 6.54 Å². The number of hydrogen-bond acceptors (Lipinski definition) is 2. The van der Waals surface area contributed by atoms with Gasteiger partial charge in [-0.05, 0) is 36.8 Å². The topological polar surface area (TPSA) is 7.12 Å². The number of para-hydroxylation sites is 1. The van der Waals surface area contributed by atoms with Gasteiger partial charge in [-0.2, -0.15) is 0 Å². The average Bonchev–Trinajstić information content (AvgIpc) is 2.86. The number of allylic oxidation sites excluding steroid dienone is 1. The Bertz CT molecular complexity index is 680. The van der Waals surface area contributed by atoms with Gasteiger partial charge in [0.2, 0.25) is 0 Å². The number of hydrogen-bond donors (Lipinski definition) is 0. The number of rotatable bonds is 4. The average molecular weight is 422 g/mol. The summed E-state index contributed by atoms with van der Waals surface area (Å²) in [5.74, 6) is 0. The molecule has 3 rings (SSSR count). The molecular formula is C18H19IN2S. The zero-order valence-corrected chi connectivity index (χ0v) is 15.5. The van der Waals surface area contributed by atoms with Crippen LogP contribution in [0.1, 0.15) is 12.5 Å². The van der Waals surface area contributed by atoms with Crippen molar-refractivity contribution in [3.63, 3.8) is 0 Å². The lowest BCUT2D eigenvalue weighted by atomic mass is 10.2. The summed E-state index contributed by atoms with van der Waals surface area (Å²) < 4.78 is 2.11. The smallest absolute Gasteiger partial charge is 0.169 e. The van der Waals surface area contributed by atoms with Crippen LogP contribution < -0.4 is 33.4 Å². The largest absolute Gasteiger partial charge is 1.00 e. The minimum atomic E-state index is 0. The second-order valence-electron chi connectivity index (χ2n) is 4.91. The van der Waals surface area contributed by atoms with Crippen molar-refractivity contribution in [2.45, 2.75) is 18.4 Å². The standard InChI is InChI=1S/C18H19N2S.HI/c1-3-11-19-12-9-15(10-13-19)14-18-20(4-2)16-7-5-6-8-17(16)21-18;/h3,5-10,12-14H,1,4,11H2,2H3;1H/q+1;/p-1. The van der Waals surface area contributed by atoms with Crippen molar-refractivity contribution in [2.75, 3.05) is 11.4 Å². The fourth-order valence-electron chi connectivity index (χ4n) is 2.46. The first-order chi connectivity index (χ1) is 10.3. The van der Waals surface area contributed by atoms with E-state index in [1.54, 1.807) is 0 Å². The van der Waals surface area contributed by atoms with E-state index >= 15 is 0 Å². The molecule has 0 saturated carbocycles. The lowest BCUT2D eigenvalue weighted by Crippen LogP contribution is -3.00. The Labute approximate surface area is 153 Å². The second-order valence-corrected chi connectivity index (χ2v) is 5.98. The molecule has 0 amide bonds. The van der Waals surface area contributed by atoms with E-state index in [0.29, 0.717) is 0 Å². The van der Waals surface area contributed by atoms with Gasteiger partial charge in [-0.25, -0.2) is 4.57 Å². The van der Waals surface area contributed by atoms with Crippen LogP contribution in [0.5, 0.6) is 0 Å². The van der Waals surface area contributed by atoms with Gasteiger partial charge in [0.15, 0.2) is 18.9 Å². The normalized spacial score (nSPS) is 14.6. The maximum atomic E-state index is 3.76. The van der Waals surface area contributed by atoms with Gasteiger partial charge in [0.1, 0.15) is 0 Å². The van der Waals surface area contributed by atoms with Crippen molar-refractivity contribution in [3.8, 4) is 0 Å². The predicted molar refractivity (Wildman–Crippen MR) is 90.1 cm³/mol. The molecule has 0 bridgehead atoms. The molecule has 1 aromatic heterocycles. The highest BCUT2D eigenvalue weighted by Crippen LogP contribution is 2.46. The van der Waals surface area contributed by atoms with E-state index in [9.17, 15) is 0 Å². The van der Waals surface area contributed by atoms with E-state index in [-0.39, 0.29) is 24.0 Å². The van der Waals surface area contributed by atoms with Gasteiger partial charge in [-0.3, -0.25) is 0 Å². The fraction of sp³-hybridized carbons (Fsp3) is 0.167. The number of fused-ring (bicyclic) bond motifs is 1. The first kappa shape index (κ1) is 17.1. The van der Waals surface area contributed by atoms with Crippen LogP contribution in [0, 0.1) is 0 Å². The molecule has 2 nitrogen and oxygen atoms in total. The summed E-state index contributed by atoms with van der Waals surface area (Å²) in [5, 5.41) is 1.29. The lowest BCUT2D eigenvalue weighted by Gasteiger charge is -2.17. The molecule has 0 radical (unpaired) electrons. The quantitative estimate of drug-likeness (QED) is 0.414. The monoisotopic (exact) mass is 422 g/mol. The molecule has 0 saturated heterocycles. The van der Waals surface area contributed by atoms with Crippen LogP contribution >= 0.6 is 11.8 Å². The molecule has 2 aromatic rings. The van der Waals surface area contributed by atoms with E-state index in [4.69, 9.17) is 0 Å². The minimum absolute atomic E-state index is 0. The molecule has 1 aliphatic heterocycles. The van der Waals surface area contributed by atoms with Gasteiger partial charge in [0.25, 0.3) is 0 Å². The van der Waals surface area contributed by atoms with Crippen molar-refractivity contribution >= 4 is 23.5 Å². The summed E-state index contributed by atoms with van der Waals surface area (Å²) in [7, 11) is 0. The molecule has 0 aliphatic carbocycles. The SMILES string of the molecule is C=CC[n+]1ccc(/C=C2/Sc3ccccc3N2CC)cc1.[I-]. The highest BCUT2D eigenvalue weighted by Gasteiger charge is 2.23. The van der Waals surface area contributed by atoms with Crippen LogP contribution in [0.3, 0.4) is 0 Å². The van der Waals surface area contributed by atoms with Crippen LogP contribution in [0.25, 0.3) is 6.08 Å². The summed E-state index contributed by atoms with van der Waals surface area (Å²) in [4.78, 5) is 3.70. The van der Waals surface area contributed by atoms with Gasteiger partial charge >= 0.3 is 0 Å². The molecule has 2 heterocycles. The fourth-order valence-corrected chi connectivity index (χ4v) is 3.65. The van der Waals surface area contributed by atoms with Gasteiger partial charge in [0.05, 0.1) is 10.7 Å². The Kier molecular flexibility index (Phi) is 6.08. The molecule has 0 spiro atoms. The Morgan fingerprint density at radius 1 is 1.18 bits per heavy atom. The maximum absolute atomic E-state index is 3.76. The number of pyridine rings is 1. The lowest BCUT2D eigenvalue weighted by molar-refractivity contribution is -0.687. The first-order valence-corrected chi connectivity index (χ1v) is 7.99. The van der Waals surface area contributed by atoms with Gasteiger partial charge < -0.3 is 28.9 Å². The molecule has 114 valence electrons. The highest BCUT2D eigenvalue weighted by molar-refractivity contribution is 8.03. The molecule has 1 aromatic carbocycles. The van der Waals surface area contributed by atoms with E-state index in [1.165, 1.54) is 21.2 Å². The van der Waals surface area contributed by atoms with Crippen LogP contribution in [0.4, 0.5) is 5.69 Å². The molecule has 0 fully saturated rings. The predicted octanol–water partition coefficient (Wildman–Crippen LogP) is 1.09. The van der Waals surface area contributed by atoms with Crippen molar-refractivity contribution in [3.05, 3.63) is 72.0 Å². The maximum Gasteiger partial charge on any atom is 0.169 e. The van der Waals surface area contributed by atoms with Gasteiger partial charge in [-0.1, -0.05) is 30.5 Å². The van der Waals surface area contributed by atoms with Crippen LogP contribution in [0.2, 0.25) is 0 Å². The molecule has 4 heteroatoms. The van der Waals surface area contributed by atoms with Crippen molar-refractivity contribution in [1.82, 2.24) is 0 Å². The van der Waals surface area contributed by atoms with E-state index in [1.807, 2.05) is 17.8 Å². The number of anilines is 1. The first-order valence-electron chi connectivity index (χ1n) is 7.18. The molecular weight excluding hydrogens is 403 g/mol. The number of nitrogens with zero attached hydrogens (tertiary/aromatic N) is 2. The number of benzene rings is 1. The third-order valence-corrected chi connectivity index (χ3v) is 4.61. The highest BCUT2D eigenvalue weighted by atomic mass is 127. The van der Waals surface area contributed by atoms with Crippen molar-refractivity contribution in [1.29, 1.82) is 0 Å². The van der Waals surface area contributed by atoms with E-state index < -0.39 is 0 Å². The van der Waals surface area contributed by atoms with E-state index in [0.717, 1.165) is 13.1 Å². The zero-order chi connectivity index (χ0) is 14.7. The van der Waals surface area contributed by atoms with Crippen molar-refractivity contribution in [2.24, 2.45) is 0 Å². The Morgan fingerprint density at radius 3 is 2.59 bits per heavy atom. The summed E-state index contributed by atoms with van der Waals surface area (Å²) in [6.07, 6.45) is 8.35. The number of halogens is 1. The Morgan fingerprint density at radius 2 is 1.91 bits per heavy atom. The Hall–Kier alpha value is -1.27. The summed E-state index contributed by atoms with van der Waals surface area (Å²) in [6.45, 7) is 7.79. The molecule has 0 atom stereocenters. The third kappa shape index (κ3) is 3.55. The van der Waals surface area contributed by atoms with Gasteiger partial charge in [-0.15, -0.1) is 0 Å². The zero-order valence-electron chi connectivity index (χ0n) is 12.6. The molecule has 0 unspecified atom stereocenters. The summed E-state index contributed by atoms with van der Waals surface area (Å²) in [5.41, 5.74) is 2.54. The summed E-state index contributed by atoms with van der Waals surface area (Å²) in [6, 6.07) is 12.9. The van der Waals surface area contributed by atoms with Gasteiger partial charge in [0, 0.05) is 23.6 Å². The number of thioether (sulfide) groups is 1. The number of aromatic nitrogens is 1.